The molecule has 0 saturated heterocycles. The van der Waals surface area contributed by atoms with Crippen molar-refractivity contribution < 1.29 is 9.47 Å². The normalized spacial score (nSPS) is 13.5. The van der Waals surface area contributed by atoms with Crippen LogP contribution in [0.15, 0.2) is 78.9 Å². The SMILES string of the molecule is COc1ccccc1Cc1sc2nc1-c1c(ccc3ccccc13)N2Cc1ccc2c(c1)CCO2. The molecule has 2 aliphatic rings. The summed E-state index contributed by atoms with van der Waals surface area (Å²) < 4.78 is 11.4. The molecule has 0 radical (unpaired) electrons. The molecule has 0 spiro atoms. The quantitative estimate of drug-likeness (QED) is 0.270. The van der Waals surface area contributed by atoms with Crippen molar-refractivity contribution in [1.82, 2.24) is 4.98 Å². The predicted molar refractivity (Wildman–Crippen MR) is 142 cm³/mol. The third kappa shape index (κ3) is 3.38. The Morgan fingerprint density at radius 2 is 1.89 bits per heavy atom. The van der Waals surface area contributed by atoms with E-state index in [1.54, 1.807) is 18.4 Å². The van der Waals surface area contributed by atoms with Crippen LogP contribution in [0.2, 0.25) is 0 Å². The van der Waals surface area contributed by atoms with E-state index in [0.29, 0.717) is 0 Å². The molecule has 7 rings (SSSR count). The first-order chi connectivity index (χ1) is 17.3. The van der Waals surface area contributed by atoms with Crippen LogP contribution in [-0.4, -0.2) is 18.7 Å². The van der Waals surface area contributed by atoms with Crippen LogP contribution in [0.4, 0.5) is 10.8 Å². The van der Waals surface area contributed by atoms with E-state index in [1.807, 2.05) is 12.1 Å². The van der Waals surface area contributed by atoms with Crippen LogP contribution in [0.5, 0.6) is 11.5 Å². The minimum Gasteiger partial charge on any atom is -0.496 e. The van der Waals surface area contributed by atoms with E-state index in [1.165, 1.54) is 43.6 Å². The molecular weight excluding hydrogens is 452 g/mol. The Bertz CT molecular complexity index is 1590. The van der Waals surface area contributed by atoms with Gasteiger partial charge in [0.25, 0.3) is 0 Å². The minimum absolute atomic E-state index is 0.777. The fraction of sp³-hybridized carbons (Fsp3) is 0.167. The Kier molecular flexibility index (Phi) is 4.77. The first-order valence-electron chi connectivity index (χ1n) is 11.9. The highest BCUT2D eigenvalue weighted by molar-refractivity contribution is 7.16. The average molecular weight is 477 g/mol. The van der Waals surface area contributed by atoms with Crippen molar-refractivity contribution in [3.05, 3.63) is 100 Å². The zero-order valence-corrected chi connectivity index (χ0v) is 20.3. The Hall–Kier alpha value is -3.83. The monoisotopic (exact) mass is 476 g/mol. The number of aromatic nitrogens is 1. The maximum Gasteiger partial charge on any atom is 0.191 e. The van der Waals surface area contributed by atoms with Gasteiger partial charge in [-0.05, 0) is 45.7 Å². The van der Waals surface area contributed by atoms with Gasteiger partial charge < -0.3 is 14.4 Å². The highest BCUT2D eigenvalue weighted by Crippen LogP contribution is 2.50. The molecule has 0 fully saturated rings. The minimum atomic E-state index is 0.777. The molecule has 0 amide bonds. The number of hydrogen-bond donors (Lipinski definition) is 0. The maximum absolute atomic E-state index is 5.73. The van der Waals surface area contributed by atoms with Gasteiger partial charge in [0, 0.05) is 23.3 Å². The summed E-state index contributed by atoms with van der Waals surface area (Å²) in [6, 6.07) is 28.0. The Balaban J connectivity index is 1.37. The second-order valence-corrected chi connectivity index (χ2v) is 10.1. The first kappa shape index (κ1) is 20.5. The van der Waals surface area contributed by atoms with Gasteiger partial charge >= 0.3 is 0 Å². The molecule has 0 N–H and O–H groups in total. The summed E-state index contributed by atoms with van der Waals surface area (Å²) in [5.41, 5.74) is 7.31. The summed E-state index contributed by atoms with van der Waals surface area (Å²) in [6.45, 7) is 1.55. The second kappa shape index (κ2) is 8.14. The lowest BCUT2D eigenvalue weighted by Crippen LogP contribution is -2.19. The van der Waals surface area contributed by atoms with Crippen LogP contribution >= 0.6 is 11.3 Å². The van der Waals surface area contributed by atoms with Crippen LogP contribution in [-0.2, 0) is 19.4 Å². The fourth-order valence-corrected chi connectivity index (χ4v) is 6.40. The topological polar surface area (TPSA) is 34.6 Å². The molecule has 35 heavy (non-hydrogen) atoms. The number of thiazole rings is 1. The molecule has 4 nitrogen and oxygen atoms in total. The van der Waals surface area contributed by atoms with E-state index in [2.05, 4.69) is 71.6 Å². The third-order valence-electron chi connectivity index (χ3n) is 6.99. The second-order valence-electron chi connectivity index (χ2n) is 9.06. The summed E-state index contributed by atoms with van der Waals surface area (Å²) in [5.74, 6) is 1.94. The molecule has 0 aliphatic carbocycles. The van der Waals surface area contributed by atoms with Crippen molar-refractivity contribution in [2.24, 2.45) is 0 Å². The van der Waals surface area contributed by atoms with E-state index in [9.17, 15) is 0 Å². The summed E-state index contributed by atoms with van der Waals surface area (Å²) in [7, 11) is 1.74. The van der Waals surface area contributed by atoms with Gasteiger partial charge in [-0.15, -0.1) is 11.3 Å². The smallest absolute Gasteiger partial charge is 0.191 e. The van der Waals surface area contributed by atoms with E-state index in [4.69, 9.17) is 14.5 Å². The van der Waals surface area contributed by atoms with Crippen LogP contribution in [0.1, 0.15) is 21.6 Å². The molecule has 2 bridgehead atoms. The largest absolute Gasteiger partial charge is 0.496 e. The van der Waals surface area contributed by atoms with Crippen molar-refractivity contribution in [2.45, 2.75) is 19.4 Å². The van der Waals surface area contributed by atoms with Crippen molar-refractivity contribution in [3.63, 3.8) is 0 Å². The van der Waals surface area contributed by atoms with Gasteiger partial charge in [-0.3, -0.25) is 0 Å². The molecule has 0 saturated carbocycles. The summed E-state index contributed by atoms with van der Waals surface area (Å²) in [5, 5.41) is 3.53. The predicted octanol–water partition coefficient (Wildman–Crippen LogP) is 7.15. The van der Waals surface area contributed by atoms with Crippen molar-refractivity contribution >= 4 is 32.9 Å². The molecule has 3 heterocycles. The number of rotatable bonds is 5. The lowest BCUT2D eigenvalue weighted by Gasteiger charge is -2.28. The molecular formula is C30H24N2O2S. The van der Waals surface area contributed by atoms with Crippen LogP contribution < -0.4 is 14.4 Å². The number of benzene rings is 4. The molecule has 1 aromatic heterocycles. The van der Waals surface area contributed by atoms with Crippen molar-refractivity contribution in [1.29, 1.82) is 0 Å². The molecule has 4 aromatic carbocycles. The average Bonchev–Trinajstić information content (AvgIpc) is 3.51. The highest BCUT2D eigenvalue weighted by atomic mass is 32.1. The zero-order valence-electron chi connectivity index (χ0n) is 19.5. The summed E-state index contributed by atoms with van der Waals surface area (Å²) in [6.07, 6.45) is 1.78. The van der Waals surface area contributed by atoms with Crippen molar-refractivity contribution in [2.75, 3.05) is 18.6 Å². The van der Waals surface area contributed by atoms with Crippen LogP contribution in [0, 0.1) is 0 Å². The van der Waals surface area contributed by atoms with Gasteiger partial charge in [0.15, 0.2) is 5.13 Å². The standard InChI is InChI=1S/C30H24N2O2S/c1-33-25-9-5-3-7-21(25)17-27-29-28-23-8-4-2-6-20(23)11-12-24(28)32(30(31-29)35-27)18-19-10-13-26-22(16-19)14-15-34-26/h2-13,16H,14-15,17-18H2,1H3. The molecule has 0 unspecified atom stereocenters. The molecule has 0 atom stereocenters. The van der Waals surface area contributed by atoms with Crippen molar-refractivity contribution in [3.8, 4) is 22.8 Å². The van der Waals surface area contributed by atoms with E-state index < -0.39 is 0 Å². The maximum atomic E-state index is 5.73. The molecule has 2 aliphatic heterocycles. The Labute approximate surface area is 208 Å². The lowest BCUT2D eigenvalue weighted by molar-refractivity contribution is 0.357. The summed E-state index contributed by atoms with van der Waals surface area (Å²) >= 11 is 1.79. The van der Waals surface area contributed by atoms with E-state index in [-0.39, 0.29) is 0 Å². The first-order valence-corrected chi connectivity index (χ1v) is 12.8. The van der Waals surface area contributed by atoms with Gasteiger partial charge in [-0.2, -0.15) is 0 Å². The van der Waals surface area contributed by atoms with Gasteiger partial charge in [-0.1, -0.05) is 60.7 Å². The number of nitrogens with zero attached hydrogens (tertiary/aromatic N) is 2. The molecule has 5 heteroatoms. The summed E-state index contributed by atoms with van der Waals surface area (Å²) in [4.78, 5) is 8.84. The molecule has 172 valence electrons. The number of methoxy groups -OCH3 is 1. The molecule has 5 aromatic rings. The van der Waals surface area contributed by atoms with Crippen LogP contribution in [0.3, 0.4) is 0 Å². The fourth-order valence-electron chi connectivity index (χ4n) is 5.30. The Morgan fingerprint density at radius 1 is 1.00 bits per heavy atom. The van der Waals surface area contributed by atoms with E-state index in [0.717, 1.165) is 48.3 Å². The van der Waals surface area contributed by atoms with Gasteiger partial charge in [0.05, 0.1) is 31.6 Å². The number of hydrogen-bond acceptors (Lipinski definition) is 5. The van der Waals surface area contributed by atoms with Gasteiger partial charge in [0.2, 0.25) is 0 Å². The van der Waals surface area contributed by atoms with Gasteiger partial charge in [-0.25, -0.2) is 4.98 Å². The van der Waals surface area contributed by atoms with E-state index >= 15 is 0 Å². The lowest BCUT2D eigenvalue weighted by atomic mass is 9.96. The number of fused-ring (bicyclic) bond motifs is 7. The number of anilines is 2. The number of ether oxygens (including phenoxy) is 2. The third-order valence-corrected chi connectivity index (χ3v) is 8.07. The Morgan fingerprint density at radius 3 is 2.83 bits per heavy atom. The number of para-hydroxylation sites is 1. The van der Waals surface area contributed by atoms with Crippen LogP contribution in [0.25, 0.3) is 22.0 Å². The van der Waals surface area contributed by atoms with Gasteiger partial charge in [0.1, 0.15) is 11.5 Å². The zero-order chi connectivity index (χ0) is 23.4. The highest BCUT2D eigenvalue weighted by Gasteiger charge is 2.30.